The lowest BCUT2D eigenvalue weighted by Gasteiger charge is -2.23. The Morgan fingerprint density at radius 2 is 2.25 bits per heavy atom. The van der Waals surface area contributed by atoms with Crippen LogP contribution in [0, 0.1) is 0 Å². The summed E-state index contributed by atoms with van der Waals surface area (Å²) in [5.41, 5.74) is 0.744. The molecule has 0 saturated heterocycles. The fraction of sp³-hybridized carbons (Fsp3) is 0.429. The van der Waals surface area contributed by atoms with E-state index in [0.717, 1.165) is 5.69 Å². The smallest absolute Gasteiger partial charge is 0.319 e. The maximum Gasteiger partial charge on any atom is 0.319 e. The Hall–Kier alpha value is -2.08. The molecule has 0 atom stereocenters. The van der Waals surface area contributed by atoms with E-state index in [-0.39, 0.29) is 18.6 Å². The molecule has 0 N–H and O–H groups in total. The standard InChI is InChI=1S/C14H18N2O4/c1-10(2)16(9-14(17)18-3)8-11-7-13(20-15-11)12-5-4-6-19-12/h4-7,10H,8-9H2,1-3H3. The first kappa shape index (κ1) is 14.3. The van der Waals surface area contributed by atoms with Crippen LogP contribution in [-0.2, 0) is 16.1 Å². The lowest BCUT2D eigenvalue weighted by Crippen LogP contribution is -2.35. The molecule has 0 aliphatic carbocycles. The molecule has 108 valence electrons. The number of esters is 1. The van der Waals surface area contributed by atoms with Gasteiger partial charge >= 0.3 is 5.97 Å². The maximum atomic E-state index is 11.4. The molecule has 0 aliphatic rings. The van der Waals surface area contributed by atoms with E-state index in [0.29, 0.717) is 18.1 Å². The van der Waals surface area contributed by atoms with Gasteiger partial charge in [-0.25, -0.2) is 0 Å². The highest BCUT2D eigenvalue weighted by Crippen LogP contribution is 2.21. The topological polar surface area (TPSA) is 68.7 Å². The molecule has 2 aromatic heterocycles. The van der Waals surface area contributed by atoms with Crippen LogP contribution < -0.4 is 0 Å². The van der Waals surface area contributed by atoms with Crippen molar-refractivity contribution >= 4 is 5.97 Å². The minimum absolute atomic E-state index is 0.192. The molecular formula is C14H18N2O4. The third-order valence-electron chi connectivity index (χ3n) is 2.98. The van der Waals surface area contributed by atoms with Crippen molar-refractivity contribution in [1.29, 1.82) is 0 Å². The fourth-order valence-corrected chi connectivity index (χ4v) is 1.78. The van der Waals surface area contributed by atoms with Gasteiger partial charge in [-0.1, -0.05) is 5.16 Å². The van der Waals surface area contributed by atoms with E-state index in [1.54, 1.807) is 18.4 Å². The van der Waals surface area contributed by atoms with Crippen molar-refractivity contribution in [2.75, 3.05) is 13.7 Å². The fourth-order valence-electron chi connectivity index (χ4n) is 1.78. The van der Waals surface area contributed by atoms with Crippen LogP contribution >= 0.6 is 0 Å². The number of rotatable bonds is 6. The number of carbonyl (C=O) groups excluding carboxylic acids is 1. The minimum atomic E-state index is -0.270. The van der Waals surface area contributed by atoms with Gasteiger partial charge in [0, 0.05) is 18.7 Å². The van der Waals surface area contributed by atoms with Gasteiger partial charge in [-0.3, -0.25) is 9.69 Å². The first-order chi connectivity index (χ1) is 9.60. The number of carbonyl (C=O) groups is 1. The van der Waals surface area contributed by atoms with Crippen molar-refractivity contribution in [2.24, 2.45) is 0 Å². The highest BCUT2D eigenvalue weighted by molar-refractivity contribution is 5.71. The Morgan fingerprint density at radius 1 is 1.45 bits per heavy atom. The molecular weight excluding hydrogens is 260 g/mol. The van der Waals surface area contributed by atoms with Crippen LogP contribution in [0.25, 0.3) is 11.5 Å². The number of furan rings is 1. The summed E-state index contributed by atoms with van der Waals surface area (Å²) in [7, 11) is 1.38. The first-order valence-electron chi connectivity index (χ1n) is 6.40. The number of methoxy groups -OCH3 is 1. The lowest BCUT2D eigenvalue weighted by atomic mass is 10.2. The Kier molecular flexibility index (Phi) is 4.57. The number of hydrogen-bond donors (Lipinski definition) is 0. The Morgan fingerprint density at radius 3 is 2.85 bits per heavy atom. The van der Waals surface area contributed by atoms with E-state index < -0.39 is 0 Å². The normalized spacial score (nSPS) is 11.2. The molecule has 0 radical (unpaired) electrons. The largest absolute Gasteiger partial charge is 0.468 e. The molecule has 0 amide bonds. The van der Waals surface area contributed by atoms with Crippen LogP contribution in [0.1, 0.15) is 19.5 Å². The summed E-state index contributed by atoms with van der Waals surface area (Å²) in [6.07, 6.45) is 1.58. The first-order valence-corrected chi connectivity index (χ1v) is 6.40. The van der Waals surface area contributed by atoms with Gasteiger partial charge in [-0.2, -0.15) is 0 Å². The summed E-state index contributed by atoms with van der Waals surface area (Å²) in [6, 6.07) is 5.59. The lowest BCUT2D eigenvalue weighted by molar-refractivity contribution is -0.142. The van der Waals surface area contributed by atoms with Gasteiger partial charge in [0.05, 0.1) is 25.6 Å². The predicted octanol–water partition coefficient (Wildman–Crippen LogP) is 2.32. The van der Waals surface area contributed by atoms with E-state index in [9.17, 15) is 4.79 Å². The van der Waals surface area contributed by atoms with Gasteiger partial charge in [0.15, 0.2) is 5.76 Å². The van der Waals surface area contributed by atoms with Crippen LogP contribution in [0.2, 0.25) is 0 Å². The van der Waals surface area contributed by atoms with Gasteiger partial charge in [-0.15, -0.1) is 0 Å². The van der Waals surface area contributed by atoms with Crippen molar-refractivity contribution < 1.29 is 18.5 Å². The van der Waals surface area contributed by atoms with Crippen molar-refractivity contribution in [3.63, 3.8) is 0 Å². The molecule has 0 spiro atoms. The molecule has 0 aliphatic heterocycles. The maximum absolute atomic E-state index is 11.4. The molecule has 0 saturated carbocycles. The summed E-state index contributed by atoms with van der Waals surface area (Å²) in [5.74, 6) is 0.938. The van der Waals surface area contributed by atoms with Crippen LogP contribution in [0.5, 0.6) is 0 Å². The highest BCUT2D eigenvalue weighted by Gasteiger charge is 2.17. The monoisotopic (exact) mass is 278 g/mol. The molecule has 20 heavy (non-hydrogen) atoms. The Labute approximate surface area is 117 Å². The molecule has 6 heteroatoms. The van der Waals surface area contributed by atoms with Gasteiger partial charge < -0.3 is 13.7 Å². The van der Waals surface area contributed by atoms with Crippen molar-refractivity contribution in [1.82, 2.24) is 10.1 Å². The predicted molar refractivity (Wildman–Crippen MR) is 71.8 cm³/mol. The van der Waals surface area contributed by atoms with Crippen molar-refractivity contribution in [3.8, 4) is 11.5 Å². The Bertz CT molecular complexity index is 545. The van der Waals surface area contributed by atoms with Crippen LogP contribution in [0.3, 0.4) is 0 Å². The average Bonchev–Trinajstić information content (AvgIpc) is 3.08. The van der Waals surface area contributed by atoms with Gasteiger partial charge in [-0.05, 0) is 26.0 Å². The minimum Gasteiger partial charge on any atom is -0.468 e. The molecule has 0 unspecified atom stereocenters. The summed E-state index contributed by atoms with van der Waals surface area (Å²) in [5, 5.41) is 4.00. The second-order valence-corrected chi connectivity index (χ2v) is 4.73. The Balaban J connectivity index is 2.05. The van der Waals surface area contributed by atoms with Crippen LogP contribution in [0.4, 0.5) is 0 Å². The van der Waals surface area contributed by atoms with Crippen molar-refractivity contribution in [2.45, 2.75) is 26.4 Å². The van der Waals surface area contributed by atoms with E-state index in [1.807, 2.05) is 24.8 Å². The van der Waals surface area contributed by atoms with Gasteiger partial charge in [0.1, 0.15) is 0 Å². The summed E-state index contributed by atoms with van der Waals surface area (Å²) in [4.78, 5) is 13.3. The van der Waals surface area contributed by atoms with Crippen LogP contribution in [0.15, 0.2) is 33.4 Å². The summed E-state index contributed by atoms with van der Waals surface area (Å²) in [6.45, 7) is 4.75. The quantitative estimate of drug-likeness (QED) is 0.755. The molecule has 0 aromatic carbocycles. The van der Waals surface area contributed by atoms with Gasteiger partial charge in [0.2, 0.25) is 5.76 Å². The van der Waals surface area contributed by atoms with E-state index in [4.69, 9.17) is 13.7 Å². The average molecular weight is 278 g/mol. The molecule has 2 aromatic rings. The molecule has 0 fully saturated rings. The molecule has 2 heterocycles. The molecule has 0 bridgehead atoms. The second kappa shape index (κ2) is 6.38. The zero-order valence-corrected chi connectivity index (χ0v) is 11.8. The number of nitrogens with zero attached hydrogens (tertiary/aromatic N) is 2. The third kappa shape index (κ3) is 3.48. The van der Waals surface area contributed by atoms with E-state index in [1.165, 1.54) is 7.11 Å². The number of ether oxygens (including phenoxy) is 1. The summed E-state index contributed by atoms with van der Waals surface area (Å²) < 4.78 is 15.2. The number of hydrogen-bond acceptors (Lipinski definition) is 6. The molecule has 2 rings (SSSR count). The zero-order chi connectivity index (χ0) is 14.5. The van der Waals surface area contributed by atoms with Gasteiger partial charge in [0.25, 0.3) is 0 Å². The zero-order valence-electron chi connectivity index (χ0n) is 11.8. The SMILES string of the molecule is COC(=O)CN(Cc1cc(-c2ccco2)on1)C(C)C. The molecule has 6 nitrogen and oxygen atoms in total. The second-order valence-electron chi connectivity index (χ2n) is 4.73. The van der Waals surface area contributed by atoms with Crippen LogP contribution in [-0.4, -0.2) is 35.7 Å². The highest BCUT2D eigenvalue weighted by atomic mass is 16.5. The third-order valence-corrected chi connectivity index (χ3v) is 2.98. The summed E-state index contributed by atoms with van der Waals surface area (Å²) >= 11 is 0. The van der Waals surface area contributed by atoms with Crippen molar-refractivity contribution in [3.05, 3.63) is 30.2 Å². The number of aromatic nitrogens is 1. The van der Waals surface area contributed by atoms with E-state index in [2.05, 4.69) is 5.16 Å². The van der Waals surface area contributed by atoms with E-state index >= 15 is 0 Å².